The van der Waals surface area contributed by atoms with E-state index in [9.17, 15) is 9.59 Å². The lowest BCUT2D eigenvalue weighted by atomic mass is 9.76. The van der Waals surface area contributed by atoms with E-state index in [1.54, 1.807) is 0 Å². The lowest BCUT2D eigenvalue weighted by Crippen LogP contribution is -2.37. The highest BCUT2D eigenvalue weighted by Gasteiger charge is 2.47. The van der Waals surface area contributed by atoms with Crippen molar-refractivity contribution in [2.45, 2.75) is 32.7 Å². The van der Waals surface area contributed by atoms with Crippen LogP contribution in [0.15, 0.2) is 11.1 Å². The molecule has 0 aromatic carbocycles. The summed E-state index contributed by atoms with van der Waals surface area (Å²) >= 11 is 0. The molecular weight excluding hydrogens is 194 g/mol. The topological polar surface area (TPSA) is 66.4 Å². The first-order valence-electron chi connectivity index (χ1n) is 5.19. The van der Waals surface area contributed by atoms with E-state index in [1.165, 1.54) is 11.1 Å². The van der Waals surface area contributed by atoms with E-state index >= 15 is 0 Å². The monoisotopic (exact) mass is 209 g/mol. The molecule has 1 saturated heterocycles. The lowest BCUT2D eigenvalue weighted by molar-refractivity contribution is -0.140. The Morgan fingerprint density at radius 2 is 1.93 bits per heavy atom. The Morgan fingerprint density at radius 3 is 2.53 bits per heavy atom. The molecule has 1 unspecified atom stereocenters. The van der Waals surface area contributed by atoms with E-state index in [0.717, 1.165) is 6.42 Å². The number of allylic oxidation sites excluding steroid dienone is 2. The fourth-order valence-electron chi connectivity index (χ4n) is 2.58. The number of carbonyl (C=O) groups is 2. The van der Waals surface area contributed by atoms with Gasteiger partial charge in [0.05, 0.1) is 0 Å². The third-order valence-corrected chi connectivity index (χ3v) is 3.64. The zero-order chi connectivity index (χ0) is 11.2. The first-order valence-corrected chi connectivity index (χ1v) is 5.19. The maximum absolute atomic E-state index is 11.6. The van der Waals surface area contributed by atoms with Crippen molar-refractivity contribution in [1.29, 1.82) is 0 Å². The second-order valence-electron chi connectivity index (χ2n) is 4.56. The van der Waals surface area contributed by atoms with Crippen molar-refractivity contribution in [3.63, 3.8) is 0 Å². The number of nitrogens with one attached hydrogen (secondary N) is 1. The van der Waals surface area contributed by atoms with Crippen LogP contribution in [0, 0.1) is 11.8 Å². The van der Waals surface area contributed by atoms with Gasteiger partial charge in [-0.2, -0.15) is 0 Å². The minimum Gasteiger partial charge on any atom is -0.480 e. The van der Waals surface area contributed by atoms with Gasteiger partial charge in [-0.25, -0.2) is 4.79 Å². The summed E-state index contributed by atoms with van der Waals surface area (Å²) in [5.74, 6) is -1.20. The number of carboxylic acid groups (broad SMARTS) is 1. The van der Waals surface area contributed by atoms with Crippen LogP contribution in [0.2, 0.25) is 0 Å². The number of carbonyl (C=O) groups excluding carboxylic acids is 1. The van der Waals surface area contributed by atoms with Gasteiger partial charge in [0.1, 0.15) is 6.04 Å². The van der Waals surface area contributed by atoms with Crippen LogP contribution < -0.4 is 5.32 Å². The van der Waals surface area contributed by atoms with Gasteiger partial charge in [0.2, 0.25) is 5.91 Å². The third kappa shape index (κ3) is 1.54. The quantitative estimate of drug-likeness (QED) is 0.631. The first kappa shape index (κ1) is 10.2. The van der Waals surface area contributed by atoms with Crippen LogP contribution >= 0.6 is 0 Å². The molecule has 15 heavy (non-hydrogen) atoms. The highest BCUT2D eigenvalue weighted by molar-refractivity contribution is 5.90. The van der Waals surface area contributed by atoms with Gasteiger partial charge >= 0.3 is 5.97 Å². The zero-order valence-electron chi connectivity index (χ0n) is 8.91. The Kier molecular flexibility index (Phi) is 2.29. The van der Waals surface area contributed by atoms with E-state index < -0.39 is 12.0 Å². The summed E-state index contributed by atoms with van der Waals surface area (Å²) in [6, 6.07) is -0.689. The van der Waals surface area contributed by atoms with Crippen molar-refractivity contribution >= 4 is 11.9 Å². The highest BCUT2D eigenvalue weighted by Crippen LogP contribution is 2.39. The maximum Gasteiger partial charge on any atom is 0.326 e. The summed E-state index contributed by atoms with van der Waals surface area (Å²) in [5.41, 5.74) is 2.47. The molecule has 2 rings (SSSR count). The molecule has 0 aromatic rings. The van der Waals surface area contributed by atoms with E-state index in [2.05, 4.69) is 5.32 Å². The van der Waals surface area contributed by atoms with Crippen molar-refractivity contribution in [3.05, 3.63) is 11.1 Å². The number of hydrogen-bond acceptors (Lipinski definition) is 2. The Hall–Kier alpha value is -1.32. The summed E-state index contributed by atoms with van der Waals surface area (Å²) in [6.07, 6.45) is 1.44. The third-order valence-electron chi connectivity index (χ3n) is 3.64. The number of aliphatic carboxylic acids is 1. The zero-order valence-corrected chi connectivity index (χ0v) is 8.91. The average molecular weight is 209 g/mol. The van der Waals surface area contributed by atoms with E-state index in [0.29, 0.717) is 6.42 Å². The molecule has 4 nitrogen and oxygen atoms in total. The van der Waals surface area contributed by atoms with Gasteiger partial charge < -0.3 is 10.4 Å². The molecule has 2 aliphatic rings. The number of fused-ring (bicyclic) bond motifs is 1. The average Bonchev–Trinajstić information content (AvgIpc) is 2.45. The molecular formula is C11H15NO3. The summed E-state index contributed by atoms with van der Waals surface area (Å²) in [7, 11) is 0. The number of rotatable bonds is 1. The van der Waals surface area contributed by atoms with Crippen LogP contribution in [0.3, 0.4) is 0 Å². The molecule has 0 aromatic heterocycles. The fourth-order valence-corrected chi connectivity index (χ4v) is 2.58. The molecule has 1 amide bonds. The van der Waals surface area contributed by atoms with Crippen molar-refractivity contribution in [1.82, 2.24) is 5.32 Å². The van der Waals surface area contributed by atoms with Crippen LogP contribution in [0.25, 0.3) is 0 Å². The highest BCUT2D eigenvalue weighted by atomic mass is 16.4. The summed E-state index contributed by atoms with van der Waals surface area (Å²) in [4.78, 5) is 22.5. The van der Waals surface area contributed by atoms with Gasteiger partial charge in [-0.3, -0.25) is 4.79 Å². The van der Waals surface area contributed by atoms with E-state index in [1.807, 2.05) is 13.8 Å². The molecule has 0 radical (unpaired) electrons. The smallest absolute Gasteiger partial charge is 0.326 e. The van der Waals surface area contributed by atoms with Crippen LogP contribution in [0.5, 0.6) is 0 Å². The minimum atomic E-state index is -0.914. The van der Waals surface area contributed by atoms with Crippen molar-refractivity contribution in [2.75, 3.05) is 0 Å². The van der Waals surface area contributed by atoms with Crippen LogP contribution in [-0.4, -0.2) is 23.0 Å². The molecule has 1 aliphatic heterocycles. The Balaban J connectivity index is 2.28. The SMILES string of the molecule is CC1=C(C)C[C@H]2C(C(=O)O)NC(=O)[C@@H]2C1. The van der Waals surface area contributed by atoms with Crippen molar-refractivity contribution in [2.24, 2.45) is 11.8 Å². The molecule has 1 fully saturated rings. The normalized spacial score (nSPS) is 35.1. The molecule has 2 N–H and O–H groups in total. The Labute approximate surface area is 88.4 Å². The predicted molar refractivity (Wildman–Crippen MR) is 54.2 cm³/mol. The summed E-state index contributed by atoms with van der Waals surface area (Å²) in [6.45, 7) is 4.04. The molecule has 0 saturated carbocycles. The molecule has 82 valence electrons. The second kappa shape index (κ2) is 3.36. The van der Waals surface area contributed by atoms with Gasteiger partial charge in [0.15, 0.2) is 0 Å². The maximum atomic E-state index is 11.6. The number of amides is 1. The van der Waals surface area contributed by atoms with E-state index in [-0.39, 0.29) is 17.7 Å². The van der Waals surface area contributed by atoms with E-state index in [4.69, 9.17) is 5.11 Å². The van der Waals surface area contributed by atoms with Crippen molar-refractivity contribution < 1.29 is 14.7 Å². The Morgan fingerprint density at radius 1 is 1.33 bits per heavy atom. The molecule has 3 atom stereocenters. The number of carboxylic acids is 1. The Bertz CT molecular complexity index is 359. The van der Waals surface area contributed by atoms with Gasteiger partial charge in [0, 0.05) is 11.8 Å². The standard InChI is InChI=1S/C11H15NO3/c1-5-3-7-8(4-6(5)2)10(13)12-9(7)11(14)15/h7-9H,3-4H2,1-2H3,(H,12,13)(H,14,15)/t7-,8-,9?/m1/s1. The molecule has 1 aliphatic carbocycles. The van der Waals surface area contributed by atoms with Crippen LogP contribution in [0.4, 0.5) is 0 Å². The molecule has 4 heteroatoms. The fraction of sp³-hybridized carbons (Fsp3) is 0.636. The molecule has 1 heterocycles. The second-order valence-corrected chi connectivity index (χ2v) is 4.56. The van der Waals surface area contributed by atoms with Crippen LogP contribution in [-0.2, 0) is 9.59 Å². The van der Waals surface area contributed by atoms with Crippen LogP contribution in [0.1, 0.15) is 26.7 Å². The first-order chi connectivity index (χ1) is 7.00. The van der Waals surface area contributed by atoms with Gasteiger partial charge in [-0.15, -0.1) is 0 Å². The molecule has 0 bridgehead atoms. The number of hydrogen-bond donors (Lipinski definition) is 2. The minimum absolute atomic E-state index is 0.0568. The van der Waals surface area contributed by atoms with Gasteiger partial charge in [-0.05, 0) is 26.7 Å². The largest absolute Gasteiger partial charge is 0.480 e. The van der Waals surface area contributed by atoms with Gasteiger partial charge in [-0.1, -0.05) is 11.1 Å². The predicted octanol–water partition coefficient (Wildman–Crippen LogP) is 0.932. The van der Waals surface area contributed by atoms with Crippen molar-refractivity contribution in [3.8, 4) is 0 Å². The summed E-state index contributed by atoms with van der Waals surface area (Å²) < 4.78 is 0. The molecule has 0 spiro atoms. The summed E-state index contributed by atoms with van der Waals surface area (Å²) in [5, 5.41) is 11.6. The lowest BCUT2D eigenvalue weighted by Gasteiger charge is -2.26. The van der Waals surface area contributed by atoms with Gasteiger partial charge in [0.25, 0.3) is 0 Å².